The highest BCUT2D eigenvalue weighted by molar-refractivity contribution is 9.10. The lowest BCUT2D eigenvalue weighted by molar-refractivity contribution is -0.165. The molecule has 0 radical (unpaired) electrons. The molecular formula is C12H13BrO3. The molecule has 1 fully saturated rings. The lowest BCUT2D eigenvalue weighted by Crippen LogP contribution is -2.41. The van der Waals surface area contributed by atoms with Crippen LogP contribution in [0.25, 0.3) is 0 Å². The number of ether oxygens (including phenoxy) is 1. The normalized spacial score (nSPS) is 23.8. The number of carbonyl (C=O) groups is 1. The van der Waals surface area contributed by atoms with E-state index in [2.05, 4.69) is 15.9 Å². The lowest BCUT2D eigenvalue weighted by atomic mass is 9.82. The van der Waals surface area contributed by atoms with Crippen molar-refractivity contribution in [3.05, 3.63) is 34.3 Å². The zero-order chi connectivity index (χ0) is 11.6. The summed E-state index contributed by atoms with van der Waals surface area (Å²) in [5.41, 5.74) is 0.710. The van der Waals surface area contributed by atoms with Gasteiger partial charge in [-0.15, -0.1) is 0 Å². The molecule has 2 rings (SSSR count). The van der Waals surface area contributed by atoms with Crippen molar-refractivity contribution in [1.29, 1.82) is 0 Å². The van der Waals surface area contributed by atoms with Gasteiger partial charge in [-0.3, -0.25) is 4.79 Å². The zero-order valence-electron chi connectivity index (χ0n) is 8.78. The fourth-order valence-electron chi connectivity index (χ4n) is 1.98. The van der Waals surface area contributed by atoms with E-state index in [0.29, 0.717) is 6.42 Å². The van der Waals surface area contributed by atoms with Gasteiger partial charge in [0.1, 0.15) is 0 Å². The Morgan fingerprint density at radius 3 is 2.50 bits per heavy atom. The third-order valence-corrected chi connectivity index (χ3v) is 3.53. The largest absolute Gasteiger partial charge is 0.481 e. The van der Waals surface area contributed by atoms with Crippen molar-refractivity contribution in [2.24, 2.45) is 0 Å². The molecule has 1 heterocycles. The fourth-order valence-corrected chi connectivity index (χ4v) is 2.24. The van der Waals surface area contributed by atoms with E-state index in [1.165, 1.54) is 0 Å². The first kappa shape index (κ1) is 11.6. The van der Waals surface area contributed by atoms with Crippen LogP contribution in [0.15, 0.2) is 28.7 Å². The summed E-state index contributed by atoms with van der Waals surface area (Å²) in [7, 11) is 0. The Morgan fingerprint density at radius 2 is 2.06 bits per heavy atom. The minimum absolute atomic E-state index is 0.149. The summed E-state index contributed by atoms with van der Waals surface area (Å²) in [4.78, 5) is 10.6. The van der Waals surface area contributed by atoms with Gasteiger partial charge in [0, 0.05) is 17.3 Å². The molecule has 1 unspecified atom stereocenters. The highest BCUT2D eigenvalue weighted by Crippen LogP contribution is 2.41. The monoisotopic (exact) mass is 284 g/mol. The predicted molar refractivity (Wildman–Crippen MR) is 63.3 cm³/mol. The summed E-state index contributed by atoms with van der Waals surface area (Å²) in [5.74, 6) is -0.771. The van der Waals surface area contributed by atoms with Crippen molar-refractivity contribution >= 4 is 21.9 Å². The number of hydrogen-bond donors (Lipinski definition) is 1. The van der Waals surface area contributed by atoms with Crippen LogP contribution in [0.1, 0.15) is 24.8 Å². The van der Waals surface area contributed by atoms with Gasteiger partial charge in [0.05, 0.1) is 12.2 Å². The molecule has 16 heavy (non-hydrogen) atoms. The van der Waals surface area contributed by atoms with Gasteiger partial charge in [-0.25, -0.2) is 0 Å². The van der Waals surface area contributed by atoms with E-state index < -0.39 is 5.97 Å². The molecule has 86 valence electrons. The second-order valence-electron chi connectivity index (χ2n) is 3.99. The second kappa shape index (κ2) is 4.55. The summed E-state index contributed by atoms with van der Waals surface area (Å²) in [6.45, 7) is 0.718. The van der Waals surface area contributed by atoms with Gasteiger partial charge in [-0.2, -0.15) is 0 Å². The minimum Gasteiger partial charge on any atom is -0.481 e. The smallest absolute Gasteiger partial charge is 0.303 e. The molecule has 3 nitrogen and oxygen atoms in total. The quantitative estimate of drug-likeness (QED) is 0.925. The number of carboxylic acid groups (broad SMARTS) is 1. The highest BCUT2D eigenvalue weighted by atomic mass is 79.9. The van der Waals surface area contributed by atoms with Gasteiger partial charge in [0.25, 0.3) is 0 Å². The van der Waals surface area contributed by atoms with Gasteiger partial charge in [-0.1, -0.05) is 28.1 Å². The Morgan fingerprint density at radius 1 is 1.44 bits per heavy atom. The Hall–Kier alpha value is -0.870. The van der Waals surface area contributed by atoms with Crippen LogP contribution in [0.2, 0.25) is 0 Å². The van der Waals surface area contributed by atoms with Crippen LogP contribution in [0.4, 0.5) is 0 Å². The molecular weight excluding hydrogens is 272 g/mol. The van der Waals surface area contributed by atoms with Crippen molar-refractivity contribution in [1.82, 2.24) is 0 Å². The average Bonchev–Trinajstić information content (AvgIpc) is 2.18. The van der Waals surface area contributed by atoms with Crippen LogP contribution >= 0.6 is 15.9 Å². The summed E-state index contributed by atoms with van der Waals surface area (Å²) in [5, 5.41) is 8.72. The van der Waals surface area contributed by atoms with Gasteiger partial charge < -0.3 is 9.84 Å². The van der Waals surface area contributed by atoms with Gasteiger partial charge >= 0.3 is 5.97 Å². The fraction of sp³-hybridized carbons (Fsp3) is 0.417. The van der Waals surface area contributed by atoms with Gasteiger partial charge in [0.2, 0.25) is 0 Å². The summed E-state index contributed by atoms with van der Waals surface area (Å²) in [6, 6.07) is 7.90. The minimum atomic E-state index is -0.771. The van der Waals surface area contributed by atoms with Crippen molar-refractivity contribution in [2.45, 2.75) is 24.9 Å². The van der Waals surface area contributed by atoms with Gasteiger partial charge in [-0.05, 0) is 24.1 Å². The molecule has 1 aliphatic heterocycles. The Balaban J connectivity index is 2.14. The third kappa shape index (κ3) is 2.28. The van der Waals surface area contributed by atoms with Crippen LogP contribution in [0.5, 0.6) is 0 Å². The third-order valence-electron chi connectivity index (χ3n) is 3.00. The zero-order valence-corrected chi connectivity index (χ0v) is 10.4. The number of aliphatic carboxylic acids is 1. The molecule has 0 aliphatic carbocycles. The summed E-state index contributed by atoms with van der Waals surface area (Å²) < 4.78 is 6.63. The Kier molecular flexibility index (Phi) is 3.30. The first-order valence-electron chi connectivity index (χ1n) is 5.24. The van der Waals surface area contributed by atoms with Crippen molar-refractivity contribution in [3.63, 3.8) is 0 Å². The topological polar surface area (TPSA) is 46.5 Å². The molecule has 0 saturated carbocycles. The molecule has 0 bridgehead atoms. The van der Waals surface area contributed by atoms with Crippen LogP contribution in [-0.2, 0) is 15.1 Å². The molecule has 1 aromatic rings. The van der Waals surface area contributed by atoms with E-state index in [9.17, 15) is 4.79 Å². The van der Waals surface area contributed by atoms with Crippen molar-refractivity contribution in [3.8, 4) is 0 Å². The van der Waals surface area contributed by atoms with Crippen LogP contribution in [0, 0.1) is 0 Å². The first-order chi connectivity index (χ1) is 7.62. The van der Waals surface area contributed by atoms with Crippen LogP contribution in [-0.4, -0.2) is 17.7 Å². The molecule has 1 saturated heterocycles. The SMILES string of the molecule is O=C(O)CCC1(c2ccc(Br)cc2)CCO1. The number of halogens is 1. The number of carboxylic acids is 1. The molecule has 1 aliphatic rings. The Bertz CT molecular complexity index is 382. The molecule has 1 N–H and O–H groups in total. The molecule has 1 aromatic carbocycles. The summed E-state index contributed by atoms with van der Waals surface area (Å²) in [6.07, 6.45) is 1.60. The molecule has 4 heteroatoms. The van der Waals surface area contributed by atoms with E-state index in [1.54, 1.807) is 0 Å². The average molecular weight is 285 g/mol. The van der Waals surface area contributed by atoms with Gasteiger partial charge in [0.15, 0.2) is 0 Å². The number of benzene rings is 1. The van der Waals surface area contributed by atoms with Crippen molar-refractivity contribution in [2.75, 3.05) is 6.61 Å². The Labute approximate surface area is 103 Å². The van der Waals surface area contributed by atoms with E-state index in [-0.39, 0.29) is 12.0 Å². The van der Waals surface area contributed by atoms with Crippen molar-refractivity contribution < 1.29 is 14.6 Å². The van der Waals surface area contributed by atoms with Crippen LogP contribution < -0.4 is 0 Å². The van der Waals surface area contributed by atoms with E-state index >= 15 is 0 Å². The molecule has 0 aromatic heterocycles. The van der Waals surface area contributed by atoms with E-state index in [4.69, 9.17) is 9.84 Å². The maximum Gasteiger partial charge on any atom is 0.303 e. The maximum absolute atomic E-state index is 10.6. The standard InChI is InChI=1S/C12H13BrO3/c13-10-3-1-9(2-4-10)12(7-8-16-12)6-5-11(14)15/h1-4H,5-8H2,(H,14,15). The lowest BCUT2D eigenvalue weighted by Gasteiger charge is -2.42. The van der Waals surface area contributed by atoms with E-state index in [1.807, 2.05) is 24.3 Å². The number of rotatable bonds is 4. The molecule has 1 atom stereocenters. The highest BCUT2D eigenvalue weighted by Gasteiger charge is 2.40. The predicted octanol–water partition coefficient (Wildman–Crippen LogP) is 2.93. The first-order valence-corrected chi connectivity index (χ1v) is 6.03. The van der Waals surface area contributed by atoms with E-state index in [0.717, 1.165) is 23.1 Å². The maximum atomic E-state index is 10.6. The van der Waals surface area contributed by atoms with Crippen LogP contribution in [0.3, 0.4) is 0 Å². The number of hydrogen-bond acceptors (Lipinski definition) is 2. The molecule has 0 amide bonds. The molecule has 0 spiro atoms. The second-order valence-corrected chi connectivity index (χ2v) is 4.91. The summed E-state index contributed by atoms with van der Waals surface area (Å²) >= 11 is 3.38.